The molecule has 0 aromatic carbocycles. The van der Waals surface area contributed by atoms with Crippen LogP contribution in [0.1, 0.15) is 38.1 Å². The van der Waals surface area contributed by atoms with E-state index in [1.54, 1.807) is 29.0 Å². The second-order valence-corrected chi connectivity index (χ2v) is 6.94. The van der Waals surface area contributed by atoms with Crippen LogP contribution in [-0.4, -0.2) is 25.4 Å². The van der Waals surface area contributed by atoms with Crippen molar-refractivity contribution < 1.29 is 4.79 Å². The lowest BCUT2D eigenvalue weighted by atomic mass is 10.1. The summed E-state index contributed by atoms with van der Waals surface area (Å²) in [5, 5.41) is 11.6. The number of rotatable bonds is 2. The zero-order chi connectivity index (χ0) is 18.4. The molecule has 3 aromatic rings. The number of hydrogen-bond donors (Lipinski definition) is 2. The molecule has 0 fully saturated rings. The van der Waals surface area contributed by atoms with Gasteiger partial charge in [0.15, 0.2) is 0 Å². The highest BCUT2D eigenvalue weighted by atomic mass is 16.2. The molecule has 3 heterocycles. The predicted molar refractivity (Wildman–Crippen MR) is 95.7 cm³/mol. The normalized spacial score (nSPS) is 11.8. The minimum atomic E-state index is -0.438. The largest absolute Gasteiger partial charge is 0.347 e. The highest BCUT2D eigenvalue weighted by molar-refractivity contribution is 5.97. The average Bonchev–Trinajstić information content (AvgIpc) is 2.53. The van der Waals surface area contributed by atoms with Gasteiger partial charge in [-0.1, -0.05) is 6.07 Å². The van der Waals surface area contributed by atoms with Crippen LogP contribution in [0.3, 0.4) is 0 Å². The number of aryl methyl sites for hydroxylation is 1. The molecule has 3 aromatic heterocycles. The van der Waals surface area contributed by atoms with Gasteiger partial charge < -0.3 is 9.88 Å². The van der Waals surface area contributed by atoms with E-state index >= 15 is 0 Å². The van der Waals surface area contributed by atoms with Gasteiger partial charge in [-0.3, -0.25) is 19.4 Å². The summed E-state index contributed by atoms with van der Waals surface area (Å²) in [6.07, 6.45) is 1.64. The van der Waals surface area contributed by atoms with Crippen molar-refractivity contribution in [2.75, 3.05) is 0 Å². The van der Waals surface area contributed by atoms with Crippen molar-refractivity contribution in [3.05, 3.63) is 51.9 Å². The molecule has 2 N–H and O–H groups in total. The van der Waals surface area contributed by atoms with Gasteiger partial charge in [-0.25, -0.2) is 4.98 Å². The van der Waals surface area contributed by atoms with Crippen molar-refractivity contribution in [1.29, 1.82) is 5.41 Å². The summed E-state index contributed by atoms with van der Waals surface area (Å²) < 4.78 is 3.03. The summed E-state index contributed by atoms with van der Waals surface area (Å²) in [6.45, 7) is 7.90. The highest BCUT2D eigenvalue weighted by Gasteiger charge is 2.20. The van der Waals surface area contributed by atoms with Gasteiger partial charge in [0.2, 0.25) is 0 Å². The molecule has 7 heteroatoms. The van der Waals surface area contributed by atoms with Crippen molar-refractivity contribution in [3.63, 3.8) is 0 Å². The number of nitrogens with zero attached hydrogens (tertiary/aromatic N) is 3. The highest BCUT2D eigenvalue weighted by Crippen LogP contribution is 2.11. The van der Waals surface area contributed by atoms with Crippen molar-refractivity contribution in [2.24, 2.45) is 0 Å². The third-order valence-electron chi connectivity index (χ3n) is 3.87. The van der Waals surface area contributed by atoms with E-state index in [2.05, 4.69) is 10.3 Å². The maximum Gasteiger partial charge on any atom is 0.267 e. The van der Waals surface area contributed by atoms with E-state index in [9.17, 15) is 9.59 Å². The van der Waals surface area contributed by atoms with Gasteiger partial charge in [0.25, 0.3) is 11.5 Å². The second kappa shape index (κ2) is 5.84. The summed E-state index contributed by atoms with van der Waals surface area (Å²) >= 11 is 0. The molecule has 0 atom stereocenters. The summed E-state index contributed by atoms with van der Waals surface area (Å²) in [5.41, 5.74) is 0.437. The number of nitrogens with one attached hydrogen (secondary N) is 2. The molecular formula is C18H21N5O2. The van der Waals surface area contributed by atoms with Crippen molar-refractivity contribution in [2.45, 2.75) is 39.8 Å². The molecule has 3 rings (SSSR count). The Balaban J connectivity index is 2.38. The first-order valence-electron chi connectivity index (χ1n) is 8.15. The molecule has 25 heavy (non-hydrogen) atoms. The van der Waals surface area contributed by atoms with Crippen LogP contribution >= 0.6 is 0 Å². The molecule has 0 radical (unpaired) electrons. The first-order valence-corrected chi connectivity index (χ1v) is 8.15. The van der Waals surface area contributed by atoms with Crippen molar-refractivity contribution in [1.82, 2.24) is 19.3 Å². The number of pyridine rings is 2. The summed E-state index contributed by atoms with van der Waals surface area (Å²) in [7, 11) is 0. The lowest BCUT2D eigenvalue weighted by molar-refractivity contribution is 0.0917. The molecule has 1 amide bonds. The van der Waals surface area contributed by atoms with Gasteiger partial charge in [-0.2, -0.15) is 0 Å². The molecule has 0 aliphatic heterocycles. The fraction of sp³-hybridized carbons (Fsp3) is 0.333. The molecule has 0 unspecified atom stereocenters. The Kier molecular flexibility index (Phi) is 3.94. The predicted octanol–water partition coefficient (Wildman–Crippen LogP) is 1.68. The Morgan fingerprint density at radius 3 is 2.68 bits per heavy atom. The van der Waals surface area contributed by atoms with Gasteiger partial charge in [-0.15, -0.1) is 0 Å². The third-order valence-corrected chi connectivity index (χ3v) is 3.87. The van der Waals surface area contributed by atoms with Crippen LogP contribution in [0.4, 0.5) is 0 Å². The molecule has 0 saturated carbocycles. The number of aromatic nitrogens is 3. The number of carbonyl (C=O) groups excluding carboxylic acids is 1. The summed E-state index contributed by atoms with van der Waals surface area (Å²) in [4.78, 5) is 30.0. The quantitative estimate of drug-likeness (QED) is 0.696. The van der Waals surface area contributed by atoms with Gasteiger partial charge in [0.1, 0.15) is 16.8 Å². The van der Waals surface area contributed by atoms with Gasteiger partial charge >= 0.3 is 0 Å². The Labute approximate surface area is 144 Å². The van der Waals surface area contributed by atoms with Crippen molar-refractivity contribution >= 4 is 22.6 Å². The Morgan fingerprint density at radius 2 is 2.04 bits per heavy atom. The summed E-state index contributed by atoms with van der Waals surface area (Å²) in [5.74, 6) is -0.376. The lowest BCUT2D eigenvalue weighted by Crippen LogP contribution is -2.43. The van der Waals surface area contributed by atoms with Crippen LogP contribution in [0.15, 0.2) is 35.3 Å². The molecule has 0 saturated heterocycles. The van der Waals surface area contributed by atoms with E-state index in [0.29, 0.717) is 23.2 Å². The fourth-order valence-corrected chi connectivity index (χ4v) is 2.78. The second-order valence-electron chi connectivity index (χ2n) is 6.94. The number of carbonyl (C=O) groups is 1. The number of amides is 1. The fourth-order valence-electron chi connectivity index (χ4n) is 2.78. The Morgan fingerprint density at radius 1 is 1.32 bits per heavy atom. The Hall–Kier alpha value is -2.96. The SMILES string of the molecule is CCn1c(=N)c(C(=O)NC(C)(C)C)cc2c(=O)n3ccccc3nc21. The number of hydrogen-bond acceptors (Lipinski definition) is 4. The standard InChI is InChI=1S/C18H21N5O2/c1-5-22-14(19)11(16(24)21-18(2,3)4)10-12-15(22)20-13-8-6-7-9-23(13)17(12)25/h6-10,19H,5H2,1-4H3,(H,21,24). The van der Waals surface area contributed by atoms with Crippen LogP contribution < -0.4 is 16.4 Å². The molecule has 0 bridgehead atoms. The Bertz CT molecular complexity index is 1100. The molecule has 0 aliphatic rings. The van der Waals surface area contributed by atoms with E-state index in [0.717, 1.165) is 0 Å². The summed E-state index contributed by atoms with van der Waals surface area (Å²) in [6, 6.07) is 6.77. The molecule has 0 aliphatic carbocycles. The van der Waals surface area contributed by atoms with Gasteiger partial charge in [-0.05, 0) is 45.9 Å². The molecule has 0 spiro atoms. The van der Waals surface area contributed by atoms with E-state index in [1.807, 2.05) is 27.7 Å². The minimum absolute atomic E-state index is 0.0453. The zero-order valence-electron chi connectivity index (χ0n) is 14.8. The van der Waals surface area contributed by atoms with E-state index in [1.165, 1.54) is 10.5 Å². The topological polar surface area (TPSA) is 92.2 Å². The zero-order valence-corrected chi connectivity index (χ0v) is 14.8. The van der Waals surface area contributed by atoms with Gasteiger partial charge in [0, 0.05) is 18.3 Å². The smallest absolute Gasteiger partial charge is 0.267 e. The van der Waals surface area contributed by atoms with Crippen LogP contribution in [0.25, 0.3) is 16.7 Å². The average molecular weight is 339 g/mol. The lowest BCUT2D eigenvalue weighted by Gasteiger charge is -2.21. The maximum absolute atomic E-state index is 12.8. The van der Waals surface area contributed by atoms with Crippen LogP contribution in [-0.2, 0) is 6.54 Å². The monoisotopic (exact) mass is 339 g/mol. The molecular weight excluding hydrogens is 318 g/mol. The number of fused-ring (bicyclic) bond motifs is 2. The molecule has 130 valence electrons. The first-order chi connectivity index (χ1) is 11.7. The van der Waals surface area contributed by atoms with Gasteiger partial charge in [0.05, 0.1) is 10.9 Å². The van der Waals surface area contributed by atoms with Crippen LogP contribution in [0, 0.1) is 5.41 Å². The van der Waals surface area contributed by atoms with Crippen LogP contribution in [0.2, 0.25) is 0 Å². The van der Waals surface area contributed by atoms with E-state index < -0.39 is 5.54 Å². The van der Waals surface area contributed by atoms with E-state index in [4.69, 9.17) is 5.41 Å². The first kappa shape index (κ1) is 16.9. The molecule has 7 nitrogen and oxygen atoms in total. The van der Waals surface area contributed by atoms with E-state index in [-0.39, 0.29) is 22.5 Å². The van der Waals surface area contributed by atoms with Crippen molar-refractivity contribution in [3.8, 4) is 0 Å². The maximum atomic E-state index is 12.8. The minimum Gasteiger partial charge on any atom is -0.347 e. The van der Waals surface area contributed by atoms with Crippen LogP contribution in [0.5, 0.6) is 0 Å². The third kappa shape index (κ3) is 2.93.